The molecule has 0 bridgehead atoms. The quantitative estimate of drug-likeness (QED) is 0.243. The number of ether oxygens (including phenoxy) is 2. The topological polar surface area (TPSA) is 135 Å². The van der Waals surface area contributed by atoms with Gasteiger partial charge in [0.1, 0.15) is 0 Å². The van der Waals surface area contributed by atoms with Gasteiger partial charge in [0, 0.05) is 46.3 Å². The maximum Gasteiger partial charge on any atom is 0.161 e. The largest absolute Gasteiger partial charge is 0.735 e. The van der Waals surface area contributed by atoms with E-state index in [2.05, 4.69) is 10.2 Å². The zero-order valence-electron chi connectivity index (χ0n) is 14.0. The van der Waals surface area contributed by atoms with Crippen LogP contribution in [-0.2, 0) is 19.8 Å². The number of aliphatic hydroxyl groups excluding tert-OH is 2. The van der Waals surface area contributed by atoms with E-state index in [4.69, 9.17) is 9.47 Å². The third-order valence-corrected chi connectivity index (χ3v) is 4.45. The molecule has 1 aliphatic heterocycles. The average molecular weight is 370 g/mol. The zero-order chi connectivity index (χ0) is 18.0. The van der Waals surface area contributed by atoms with Gasteiger partial charge in [0.2, 0.25) is 0 Å². The second-order valence-electron chi connectivity index (χ2n) is 5.74. The van der Waals surface area contributed by atoms with Crippen LogP contribution in [0.2, 0.25) is 0 Å². The summed E-state index contributed by atoms with van der Waals surface area (Å²) >= 11 is 0. The lowest BCUT2D eigenvalue weighted by Crippen LogP contribution is -2.44. The van der Waals surface area contributed by atoms with Gasteiger partial charge in [-0.3, -0.25) is 4.90 Å². The van der Waals surface area contributed by atoms with Gasteiger partial charge in [-0.25, -0.2) is 12.7 Å². The van der Waals surface area contributed by atoms with Crippen LogP contribution in [0.15, 0.2) is 0 Å². The third kappa shape index (κ3) is 9.81. The molecule has 0 spiro atoms. The predicted octanol–water partition coefficient (Wildman–Crippen LogP) is -2.96. The Balaban J connectivity index is 1.99. The molecule has 11 heteroatoms. The van der Waals surface area contributed by atoms with Crippen LogP contribution in [0.5, 0.6) is 0 Å². The Labute approximate surface area is 143 Å². The van der Waals surface area contributed by atoms with Gasteiger partial charge >= 0.3 is 0 Å². The van der Waals surface area contributed by atoms with E-state index in [0.717, 1.165) is 20.1 Å². The van der Waals surface area contributed by atoms with Crippen LogP contribution < -0.4 is 5.32 Å². The minimum atomic E-state index is -4.54. The Morgan fingerprint density at radius 2 is 2.00 bits per heavy atom. The Morgan fingerprint density at radius 3 is 2.62 bits per heavy atom. The number of hydrogen-bond acceptors (Lipinski definition) is 9. The van der Waals surface area contributed by atoms with Gasteiger partial charge in [-0.1, -0.05) is 0 Å². The first-order chi connectivity index (χ1) is 11.3. The maximum absolute atomic E-state index is 10.7. The molecule has 1 fully saturated rings. The van der Waals surface area contributed by atoms with Gasteiger partial charge in [0.15, 0.2) is 10.3 Å². The average Bonchev–Trinajstić information content (AvgIpc) is 2.50. The smallest absolute Gasteiger partial charge is 0.161 e. The molecule has 2 atom stereocenters. The summed E-state index contributed by atoms with van der Waals surface area (Å²) in [5.41, 5.74) is 0. The molecule has 3 N–H and O–H groups in total. The van der Waals surface area contributed by atoms with Crippen LogP contribution in [0, 0.1) is 0 Å². The van der Waals surface area contributed by atoms with Crippen LogP contribution in [0.4, 0.5) is 0 Å². The van der Waals surface area contributed by atoms with Crippen LogP contribution in [0.3, 0.4) is 0 Å². The van der Waals surface area contributed by atoms with E-state index < -0.39 is 22.5 Å². The molecule has 0 aromatic rings. The van der Waals surface area contributed by atoms with Crippen LogP contribution in [-0.4, -0.2) is 117 Å². The van der Waals surface area contributed by atoms with E-state index in [9.17, 15) is 23.2 Å². The summed E-state index contributed by atoms with van der Waals surface area (Å²) in [5, 5.41) is 22.5. The van der Waals surface area contributed by atoms with Crippen molar-refractivity contribution >= 4 is 10.3 Å². The molecule has 0 aliphatic carbocycles. The van der Waals surface area contributed by atoms with Crippen molar-refractivity contribution in [2.24, 2.45) is 0 Å². The van der Waals surface area contributed by atoms with E-state index >= 15 is 0 Å². The number of rotatable bonds is 12. The van der Waals surface area contributed by atoms with Crippen molar-refractivity contribution in [2.75, 3.05) is 72.7 Å². The molecule has 0 radical (unpaired) electrons. The summed E-state index contributed by atoms with van der Waals surface area (Å²) in [6.45, 7) is 4.47. The van der Waals surface area contributed by atoms with Gasteiger partial charge in [0.05, 0.1) is 38.6 Å². The summed E-state index contributed by atoms with van der Waals surface area (Å²) in [5.74, 6) is 0. The van der Waals surface area contributed by atoms with Crippen molar-refractivity contribution in [3.8, 4) is 0 Å². The van der Waals surface area contributed by atoms with Crippen molar-refractivity contribution in [2.45, 2.75) is 12.2 Å². The lowest BCUT2D eigenvalue weighted by atomic mass is 10.3. The molecule has 1 heterocycles. The van der Waals surface area contributed by atoms with Gasteiger partial charge < -0.3 is 29.6 Å². The second-order valence-corrected chi connectivity index (χ2v) is 7.22. The minimum absolute atomic E-state index is 0.0716. The van der Waals surface area contributed by atoms with E-state index in [1.807, 2.05) is 0 Å². The SMILES string of the molecule is CN(CC(O)COCCNCC(O)CN1CCOCC1)S(=O)(=O)[O-]. The highest BCUT2D eigenvalue weighted by atomic mass is 32.2. The number of β-amino-alcohol motifs (C(OH)–C–C–N with tert-alkyl or cyclic N) is 1. The van der Waals surface area contributed by atoms with Crippen LogP contribution in [0.1, 0.15) is 0 Å². The highest BCUT2D eigenvalue weighted by Gasteiger charge is 2.15. The second kappa shape index (κ2) is 11.3. The monoisotopic (exact) mass is 370 g/mol. The Bertz CT molecular complexity index is 431. The predicted molar refractivity (Wildman–Crippen MR) is 85.3 cm³/mol. The van der Waals surface area contributed by atoms with E-state index in [-0.39, 0.29) is 13.2 Å². The summed E-state index contributed by atoms with van der Waals surface area (Å²) < 4.78 is 43.0. The first kappa shape index (κ1) is 21.7. The molecule has 10 nitrogen and oxygen atoms in total. The van der Waals surface area contributed by atoms with Crippen molar-refractivity contribution in [1.29, 1.82) is 0 Å². The van der Waals surface area contributed by atoms with Crippen LogP contribution >= 0.6 is 0 Å². The van der Waals surface area contributed by atoms with E-state index in [0.29, 0.717) is 43.8 Å². The number of likely N-dealkylation sites (N-methyl/N-ethyl adjacent to an activating group) is 1. The van der Waals surface area contributed by atoms with Crippen molar-refractivity contribution in [1.82, 2.24) is 14.5 Å². The first-order valence-corrected chi connectivity index (χ1v) is 9.27. The number of hydrogen-bond donors (Lipinski definition) is 3. The fourth-order valence-corrected chi connectivity index (χ4v) is 2.57. The van der Waals surface area contributed by atoms with Gasteiger partial charge in [0.25, 0.3) is 0 Å². The molecule has 0 aromatic carbocycles. The summed E-state index contributed by atoms with van der Waals surface area (Å²) in [6, 6.07) is 0. The minimum Gasteiger partial charge on any atom is -0.735 e. The number of nitrogens with one attached hydrogen (secondary N) is 1. The molecule has 2 unspecified atom stereocenters. The molecular weight excluding hydrogens is 342 g/mol. The standard InChI is InChI=1S/C13H29N3O7S/c1-15(24(19,20)21)9-13(18)11-23-5-2-14-8-12(17)10-16-3-6-22-7-4-16/h12-14,17-18H,2-11H2,1H3,(H,19,20,21)/p-1. The lowest BCUT2D eigenvalue weighted by molar-refractivity contribution is 0.0132. The maximum atomic E-state index is 10.7. The number of aliphatic hydroxyl groups is 2. The van der Waals surface area contributed by atoms with Crippen molar-refractivity contribution < 1.29 is 32.7 Å². The molecule has 1 aliphatic rings. The highest BCUT2D eigenvalue weighted by molar-refractivity contribution is 7.83. The molecule has 0 saturated carbocycles. The fraction of sp³-hybridized carbons (Fsp3) is 1.00. The number of morpholine rings is 1. The van der Waals surface area contributed by atoms with Crippen molar-refractivity contribution in [3.63, 3.8) is 0 Å². The molecule has 0 amide bonds. The third-order valence-electron chi connectivity index (χ3n) is 3.54. The molecule has 1 rings (SSSR count). The normalized spacial score (nSPS) is 19.5. The summed E-state index contributed by atoms with van der Waals surface area (Å²) in [4.78, 5) is 2.14. The molecule has 0 aromatic heterocycles. The molecule has 24 heavy (non-hydrogen) atoms. The molecule has 1 saturated heterocycles. The fourth-order valence-electron chi connectivity index (χ4n) is 2.22. The first-order valence-electron chi connectivity index (χ1n) is 7.91. The van der Waals surface area contributed by atoms with Gasteiger partial charge in [-0.15, -0.1) is 0 Å². The summed E-state index contributed by atoms with van der Waals surface area (Å²) in [6.07, 6.45) is -1.55. The van der Waals surface area contributed by atoms with E-state index in [1.165, 1.54) is 0 Å². The Hall–Kier alpha value is -0.370. The Morgan fingerprint density at radius 1 is 1.33 bits per heavy atom. The van der Waals surface area contributed by atoms with E-state index in [1.54, 1.807) is 0 Å². The number of nitrogens with zero attached hydrogens (tertiary/aromatic N) is 2. The van der Waals surface area contributed by atoms with Crippen molar-refractivity contribution in [3.05, 3.63) is 0 Å². The highest BCUT2D eigenvalue weighted by Crippen LogP contribution is 1.98. The van der Waals surface area contributed by atoms with Crippen LogP contribution in [0.25, 0.3) is 0 Å². The van der Waals surface area contributed by atoms with Gasteiger partial charge in [-0.05, 0) is 0 Å². The zero-order valence-corrected chi connectivity index (χ0v) is 14.8. The molecular formula is C13H28N3O7S-. The molecule has 144 valence electrons. The summed E-state index contributed by atoms with van der Waals surface area (Å²) in [7, 11) is -3.44. The Kier molecular flexibility index (Phi) is 10.2. The van der Waals surface area contributed by atoms with Gasteiger partial charge in [-0.2, -0.15) is 0 Å². The lowest BCUT2D eigenvalue weighted by Gasteiger charge is -2.28.